The van der Waals surface area contributed by atoms with Crippen LogP contribution in [0.25, 0.3) is 0 Å². The van der Waals surface area contributed by atoms with Gasteiger partial charge in [-0.15, -0.1) is 0 Å². The molecular weight excluding hydrogens is 330 g/mol. The lowest BCUT2D eigenvalue weighted by molar-refractivity contribution is 0.0218. The van der Waals surface area contributed by atoms with Gasteiger partial charge in [0.05, 0.1) is 18.8 Å². The molecule has 2 aromatic carbocycles. The van der Waals surface area contributed by atoms with Gasteiger partial charge >= 0.3 is 5.97 Å². The van der Waals surface area contributed by atoms with Gasteiger partial charge in [0, 0.05) is 6.04 Å². The van der Waals surface area contributed by atoms with Crippen LogP contribution >= 0.6 is 0 Å². The third kappa shape index (κ3) is 4.99. The van der Waals surface area contributed by atoms with Crippen molar-refractivity contribution in [3.63, 3.8) is 0 Å². The molecule has 5 heteroatoms. The van der Waals surface area contributed by atoms with Gasteiger partial charge in [-0.1, -0.05) is 30.3 Å². The second-order valence-corrected chi connectivity index (χ2v) is 5.84. The molecule has 1 N–H and O–H groups in total. The fourth-order valence-electron chi connectivity index (χ4n) is 2.61. The Morgan fingerprint density at radius 3 is 2.27 bits per heavy atom. The average Bonchev–Trinajstić information content (AvgIpc) is 2.67. The van der Waals surface area contributed by atoms with Crippen LogP contribution in [0.1, 0.15) is 42.8 Å². The minimum atomic E-state index is -0.398. The van der Waals surface area contributed by atoms with Crippen LogP contribution in [0.5, 0.6) is 11.5 Å². The summed E-state index contributed by atoms with van der Waals surface area (Å²) in [6, 6.07) is 14.8. The average molecular weight is 357 g/mol. The van der Waals surface area contributed by atoms with E-state index in [1.165, 1.54) is 0 Å². The fraction of sp³-hybridized carbons (Fsp3) is 0.381. The van der Waals surface area contributed by atoms with E-state index < -0.39 is 12.1 Å². The monoisotopic (exact) mass is 357 g/mol. The fourth-order valence-corrected chi connectivity index (χ4v) is 2.61. The number of hydrogen-bond acceptors (Lipinski definition) is 5. The normalized spacial score (nSPS) is 12.9. The lowest BCUT2D eigenvalue weighted by atomic mass is 10.0. The highest BCUT2D eigenvalue weighted by molar-refractivity contribution is 5.90. The number of carbonyl (C=O) groups excluding carboxylic acids is 1. The molecule has 0 radical (unpaired) electrons. The van der Waals surface area contributed by atoms with Crippen molar-refractivity contribution in [2.24, 2.45) is 0 Å². The van der Waals surface area contributed by atoms with E-state index in [9.17, 15) is 4.79 Å². The summed E-state index contributed by atoms with van der Waals surface area (Å²) in [5.74, 6) is 0.765. The summed E-state index contributed by atoms with van der Waals surface area (Å²) in [5, 5.41) is 3.16. The number of benzene rings is 2. The van der Waals surface area contributed by atoms with Crippen molar-refractivity contribution < 1.29 is 19.0 Å². The molecule has 2 rings (SSSR count). The molecule has 5 nitrogen and oxygen atoms in total. The minimum Gasteiger partial charge on any atom is -0.490 e. The van der Waals surface area contributed by atoms with Crippen LogP contribution in [0.2, 0.25) is 0 Å². The van der Waals surface area contributed by atoms with Gasteiger partial charge in [-0.2, -0.15) is 0 Å². The molecule has 0 aliphatic heterocycles. The summed E-state index contributed by atoms with van der Waals surface area (Å²) < 4.78 is 16.9. The summed E-state index contributed by atoms with van der Waals surface area (Å²) >= 11 is 0. The second kappa shape index (κ2) is 9.82. The lowest BCUT2D eigenvalue weighted by Crippen LogP contribution is -2.32. The molecule has 0 unspecified atom stereocenters. The third-order valence-electron chi connectivity index (χ3n) is 4.05. The Labute approximate surface area is 155 Å². The molecule has 26 heavy (non-hydrogen) atoms. The maximum atomic E-state index is 12.7. The molecule has 0 heterocycles. The maximum Gasteiger partial charge on any atom is 0.338 e. The zero-order valence-electron chi connectivity index (χ0n) is 15.8. The Bertz CT molecular complexity index is 702. The lowest BCUT2D eigenvalue weighted by Gasteiger charge is -2.24. The SMILES string of the molecule is CCOc1ccc(C(=O)O[C@H](c2ccccc2)[C@@H](C)NC)cc1OCC. The van der Waals surface area contributed by atoms with E-state index in [4.69, 9.17) is 14.2 Å². The first-order chi connectivity index (χ1) is 12.6. The van der Waals surface area contributed by atoms with Gasteiger partial charge in [0.15, 0.2) is 11.5 Å². The van der Waals surface area contributed by atoms with Crippen molar-refractivity contribution in [3.8, 4) is 11.5 Å². The molecule has 0 saturated carbocycles. The van der Waals surface area contributed by atoms with Crippen LogP contribution in [0.3, 0.4) is 0 Å². The van der Waals surface area contributed by atoms with Gasteiger partial charge in [0.2, 0.25) is 0 Å². The van der Waals surface area contributed by atoms with Crippen molar-refractivity contribution in [2.45, 2.75) is 32.9 Å². The van der Waals surface area contributed by atoms with Crippen molar-refractivity contribution in [1.82, 2.24) is 5.32 Å². The van der Waals surface area contributed by atoms with Gasteiger partial charge in [-0.25, -0.2) is 4.79 Å². The molecule has 0 saturated heterocycles. The molecule has 2 aromatic rings. The Kier molecular flexibility index (Phi) is 7.48. The van der Waals surface area contributed by atoms with E-state index in [1.807, 2.05) is 58.2 Å². The number of ether oxygens (including phenoxy) is 3. The first kappa shape index (κ1) is 19.8. The number of esters is 1. The predicted octanol–water partition coefficient (Wildman–Crippen LogP) is 3.99. The van der Waals surface area contributed by atoms with Crippen LogP contribution < -0.4 is 14.8 Å². The van der Waals surface area contributed by atoms with E-state index in [0.29, 0.717) is 30.3 Å². The molecule has 0 bridgehead atoms. The van der Waals surface area contributed by atoms with Gasteiger partial charge in [0.25, 0.3) is 0 Å². The maximum absolute atomic E-state index is 12.7. The number of hydrogen-bond donors (Lipinski definition) is 1. The van der Waals surface area contributed by atoms with E-state index in [1.54, 1.807) is 18.2 Å². The van der Waals surface area contributed by atoms with E-state index >= 15 is 0 Å². The first-order valence-corrected chi connectivity index (χ1v) is 8.93. The molecule has 0 spiro atoms. The quantitative estimate of drug-likeness (QED) is 0.688. The topological polar surface area (TPSA) is 56.8 Å². The van der Waals surface area contributed by atoms with Crippen LogP contribution in [0, 0.1) is 0 Å². The summed E-state index contributed by atoms with van der Waals surface area (Å²) in [6.07, 6.45) is -0.393. The third-order valence-corrected chi connectivity index (χ3v) is 4.05. The van der Waals surface area contributed by atoms with Crippen LogP contribution in [0.15, 0.2) is 48.5 Å². The van der Waals surface area contributed by atoms with Gasteiger partial charge in [-0.3, -0.25) is 0 Å². The second-order valence-electron chi connectivity index (χ2n) is 5.84. The summed E-state index contributed by atoms with van der Waals surface area (Å²) in [4.78, 5) is 12.7. The van der Waals surface area contributed by atoms with Crippen molar-refractivity contribution in [3.05, 3.63) is 59.7 Å². The molecule has 2 atom stereocenters. The number of likely N-dealkylation sites (N-methyl/N-ethyl adjacent to an activating group) is 1. The van der Waals surface area contributed by atoms with Gasteiger partial charge in [0.1, 0.15) is 6.10 Å². The largest absolute Gasteiger partial charge is 0.490 e. The van der Waals surface area contributed by atoms with E-state index in [0.717, 1.165) is 5.56 Å². The number of nitrogens with one attached hydrogen (secondary N) is 1. The van der Waals surface area contributed by atoms with E-state index in [2.05, 4.69) is 5.32 Å². The van der Waals surface area contributed by atoms with Crippen molar-refractivity contribution in [2.75, 3.05) is 20.3 Å². The predicted molar refractivity (Wildman–Crippen MR) is 102 cm³/mol. The van der Waals surface area contributed by atoms with Gasteiger partial charge in [-0.05, 0) is 51.6 Å². The molecule has 0 aromatic heterocycles. The van der Waals surface area contributed by atoms with Crippen LogP contribution in [0.4, 0.5) is 0 Å². The molecule has 0 aliphatic carbocycles. The molecule has 0 aliphatic rings. The highest BCUT2D eigenvalue weighted by atomic mass is 16.5. The zero-order valence-corrected chi connectivity index (χ0v) is 15.8. The van der Waals surface area contributed by atoms with E-state index in [-0.39, 0.29) is 6.04 Å². The Morgan fingerprint density at radius 2 is 1.65 bits per heavy atom. The van der Waals surface area contributed by atoms with Crippen molar-refractivity contribution >= 4 is 5.97 Å². The smallest absolute Gasteiger partial charge is 0.338 e. The molecule has 0 fully saturated rings. The summed E-state index contributed by atoms with van der Waals surface area (Å²) in [5.41, 5.74) is 1.37. The number of carbonyl (C=O) groups is 1. The Balaban J connectivity index is 2.24. The Morgan fingerprint density at radius 1 is 1.00 bits per heavy atom. The summed E-state index contributed by atoms with van der Waals surface area (Å²) in [7, 11) is 1.85. The minimum absolute atomic E-state index is 0.0320. The number of rotatable bonds is 9. The van der Waals surface area contributed by atoms with Gasteiger partial charge < -0.3 is 19.5 Å². The molecule has 0 amide bonds. The molecule has 140 valence electrons. The highest BCUT2D eigenvalue weighted by Gasteiger charge is 2.24. The zero-order chi connectivity index (χ0) is 18.9. The summed E-state index contributed by atoms with van der Waals surface area (Å²) in [6.45, 7) is 6.79. The molecular formula is C21H27NO4. The van der Waals surface area contributed by atoms with Crippen molar-refractivity contribution in [1.29, 1.82) is 0 Å². The van der Waals surface area contributed by atoms with Crippen LogP contribution in [-0.2, 0) is 4.74 Å². The first-order valence-electron chi connectivity index (χ1n) is 8.93. The standard InChI is InChI=1S/C21H27NO4/c1-5-24-18-13-12-17(14-19(18)25-6-2)21(23)26-20(15(3)22-4)16-10-8-7-9-11-16/h7-15,20,22H,5-6H2,1-4H3/t15-,20+/m1/s1. The highest BCUT2D eigenvalue weighted by Crippen LogP contribution is 2.30. The van der Waals surface area contributed by atoms with Crippen LogP contribution in [-0.4, -0.2) is 32.3 Å². The Hall–Kier alpha value is -2.53.